The minimum absolute atomic E-state index is 0. The van der Waals surface area contributed by atoms with Crippen LogP contribution in [0.5, 0.6) is 0 Å². The number of hydrogen-bond acceptors (Lipinski definition) is 2. The zero-order chi connectivity index (χ0) is 16.9. The Kier molecular flexibility index (Phi) is 7.23. The van der Waals surface area contributed by atoms with E-state index in [2.05, 4.69) is 0 Å². The van der Waals surface area contributed by atoms with Crippen molar-refractivity contribution in [1.29, 1.82) is 0 Å². The average molecular weight is 362 g/mol. The van der Waals surface area contributed by atoms with Gasteiger partial charge in [-0.05, 0) is 0 Å². The first-order valence-electron chi connectivity index (χ1n) is 7.21. The monoisotopic (exact) mass is 361 g/mol. The van der Waals surface area contributed by atoms with E-state index >= 15 is 0 Å². The topological polar surface area (TPSA) is 44.9 Å². The van der Waals surface area contributed by atoms with Crippen LogP contribution in [0, 0.1) is 0 Å². The summed E-state index contributed by atoms with van der Waals surface area (Å²) in [5.41, 5.74) is 1.66. The van der Waals surface area contributed by atoms with Crippen LogP contribution in [-0.4, -0.2) is 28.7 Å². The van der Waals surface area contributed by atoms with Gasteiger partial charge in [0.15, 0.2) is 0 Å². The highest BCUT2D eigenvalue weighted by molar-refractivity contribution is 5.14. The third kappa shape index (κ3) is 5.79. The molecule has 0 fully saturated rings. The molecule has 0 aliphatic heterocycles. The smallest absolute Gasteiger partial charge is 0.449 e. The van der Waals surface area contributed by atoms with E-state index in [4.69, 9.17) is 0 Å². The van der Waals surface area contributed by atoms with E-state index in [9.17, 15) is 23.4 Å². The lowest BCUT2D eigenvalue weighted by Crippen LogP contribution is -3.12. The van der Waals surface area contributed by atoms with E-state index in [1.165, 1.54) is 0 Å². The molecule has 132 valence electrons. The first-order valence-corrected chi connectivity index (χ1v) is 7.21. The number of halogens is 4. The molecule has 0 aromatic heterocycles. The third-order valence-electron chi connectivity index (χ3n) is 3.54. The molecule has 0 spiro atoms. The van der Waals surface area contributed by atoms with Gasteiger partial charge in [-0.15, -0.1) is 0 Å². The number of benzene rings is 2. The second kappa shape index (κ2) is 8.48. The van der Waals surface area contributed by atoms with E-state index < -0.39 is 18.5 Å². The first kappa shape index (κ1) is 20.4. The Morgan fingerprint density at radius 3 is 1.46 bits per heavy atom. The van der Waals surface area contributed by atoms with Crippen LogP contribution in [0.15, 0.2) is 60.7 Å². The molecule has 0 amide bonds. The van der Waals surface area contributed by atoms with Gasteiger partial charge in [0, 0.05) is 11.1 Å². The molecular weight excluding hydrogens is 343 g/mol. The van der Waals surface area contributed by atoms with Gasteiger partial charge in [0.05, 0.1) is 0 Å². The highest BCUT2D eigenvalue weighted by Gasteiger charge is 2.55. The normalized spacial score (nSPS) is 12.1. The SMILES string of the molecule is OC(O)(C[NH+](Cc1ccccc1)Cc1ccccc1)C(F)(F)F.[Cl-]. The fourth-order valence-electron chi connectivity index (χ4n) is 2.41. The summed E-state index contributed by atoms with van der Waals surface area (Å²) in [7, 11) is 0. The van der Waals surface area contributed by atoms with Gasteiger partial charge in [0.25, 0.3) is 0 Å². The van der Waals surface area contributed by atoms with Crippen molar-refractivity contribution in [3.05, 3.63) is 71.8 Å². The van der Waals surface area contributed by atoms with Gasteiger partial charge >= 0.3 is 12.0 Å². The van der Waals surface area contributed by atoms with Crippen LogP contribution in [0.2, 0.25) is 0 Å². The van der Waals surface area contributed by atoms with Crippen molar-refractivity contribution in [2.45, 2.75) is 25.1 Å². The molecule has 0 aliphatic carbocycles. The fraction of sp³-hybridized carbons (Fsp3) is 0.294. The predicted octanol–water partition coefficient (Wildman–Crippen LogP) is -1.48. The van der Waals surface area contributed by atoms with Crippen LogP contribution in [0.3, 0.4) is 0 Å². The fourth-order valence-corrected chi connectivity index (χ4v) is 2.41. The van der Waals surface area contributed by atoms with Crippen LogP contribution in [0.25, 0.3) is 0 Å². The summed E-state index contributed by atoms with van der Waals surface area (Å²) in [6, 6.07) is 18.0. The summed E-state index contributed by atoms with van der Waals surface area (Å²) in [4.78, 5) is 0.407. The van der Waals surface area contributed by atoms with Crippen molar-refractivity contribution in [3.8, 4) is 0 Å². The lowest BCUT2D eigenvalue weighted by molar-refractivity contribution is -0.939. The Balaban J connectivity index is 0.00000288. The number of nitrogens with one attached hydrogen (secondary N) is 1. The van der Waals surface area contributed by atoms with Gasteiger partial charge in [-0.1, -0.05) is 60.7 Å². The van der Waals surface area contributed by atoms with Crippen LogP contribution in [0.1, 0.15) is 11.1 Å². The third-order valence-corrected chi connectivity index (χ3v) is 3.54. The zero-order valence-electron chi connectivity index (χ0n) is 12.8. The summed E-state index contributed by atoms with van der Waals surface area (Å²) in [6.07, 6.45) is -5.09. The Hall–Kier alpha value is -1.60. The Morgan fingerprint density at radius 1 is 0.750 bits per heavy atom. The molecule has 0 radical (unpaired) electrons. The van der Waals surface area contributed by atoms with E-state index in [1.807, 2.05) is 12.1 Å². The molecule has 3 N–H and O–H groups in total. The van der Waals surface area contributed by atoms with Gasteiger partial charge in [-0.2, -0.15) is 13.2 Å². The number of aliphatic hydroxyl groups is 2. The summed E-state index contributed by atoms with van der Waals surface area (Å²) >= 11 is 0. The number of alkyl halides is 3. The summed E-state index contributed by atoms with van der Waals surface area (Å²) < 4.78 is 38.3. The molecule has 2 aromatic carbocycles. The van der Waals surface area contributed by atoms with Gasteiger partial charge in [-0.3, -0.25) is 0 Å². The van der Waals surface area contributed by atoms with Crippen LogP contribution in [-0.2, 0) is 13.1 Å². The molecule has 0 unspecified atom stereocenters. The van der Waals surface area contributed by atoms with Crippen molar-refractivity contribution < 1.29 is 40.7 Å². The largest absolute Gasteiger partial charge is 1.00 e. The van der Waals surface area contributed by atoms with Crippen molar-refractivity contribution in [1.82, 2.24) is 0 Å². The molecule has 0 heterocycles. The maximum atomic E-state index is 12.8. The summed E-state index contributed by atoms with van der Waals surface area (Å²) in [5, 5.41) is 18.8. The minimum atomic E-state index is -5.09. The Labute approximate surface area is 144 Å². The first-order chi connectivity index (χ1) is 10.8. The van der Waals surface area contributed by atoms with E-state index in [-0.39, 0.29) is 25.5 Å². The molecule has 24 heavy (non-hydrogen) atoms. The van der Waals surface area contributed by atoms with Crippen LogP contribution >= 0.6 is 0 Å². The lowest BCUT2D eigenvalue weighted by atomic mass is 10.1. The van der Waals surface area contributed by atoms with Gasteiger partial charge in [0.2, 0.25) is 0 Å². The predicted molar refractivity (Wildman–Crippen MR) is 79.3 cm³/mol. The van der Waals surface area contributed by atoms with Crippen molar-refractivity contribution >= 4 is 0 Å². The highest BCUT2D eigenvalue weighted by atomic mass is 35.5. The van der Waals surface area contributed by atoms with Crippen LogP contribution < -0.4 is 17.3 Å². The highest BCUT2D eigenvalue weighted by Crippen LogP contribution is 2.26. The molecule has 2 rings (SSSR count). The standard InChI is InChI=1S/C17H18F3NO2.ClH/c18-17(19,20)16(22,23)13-21(11-14-7-3-1-4-8-14)12-15-9-5-2-6-10-15;/h1-10,22-23H,11-13H2;1H. The second-order valence-corrected chi connectivity index (χ2v) is 5.57. The average Bonchev–Trinajstić information content (AvgIpc) is 2.47. The van der Waals surface area contributed by atoms with Crippen molar-refractivity contribution in [2.75, 3.05) is 6.54 Å². The molecule has 0 saturated heterocycles. The number of quaternary nitrogens is 1. The maximum Gasteiger partial charge on any atom is 0.449 e. The Morgan fingerprint density at radius 2 is 1.12 bits per heavy atom. The molecule has 0 bridgehead atoms. The molecule has 3 nitrogen and oxygen atoms in total. The molecule has 2 aromatic rings. The van der Waals surface area contributed by atoms with E-state index in [0.717, 1.165) is 11.1 Å². The van der Waals surface area contributed by atoms with Gasteiger partial charge in [0.1, 0.15) is 19.6 Å². The minimum Gasteiger partial charge on any atom is -1.00 e. The van der Waals surface area contributed by atoms with Crippen molar-refractivity contribution in [3.63, 3.8) is 0 Å². The van der Waals surface area contributed by atoms with E-state index in [0.29, 0.717) is 4.90 Å². The maximum absolute atomic E-state index is 12.8. The van der Waals surface area contributed by atoms with Gasteiger partial charge < -0.3 is 27.5 Å². The van der Waals surface area contributed by atoms with Gasteiger partial charge in [-0.25, -0.2) is 0 Å². The Bertz CT molecular complexity index is 565. The summed E-state index contributed by atoms with van der Waals surface area (Å²) in [6.45, 7) is -0.330. The lowest BCUT2D eigenvalue weighted by Gasteiger charge is -2.29. The zero-order valence-corrected chi connectivity index (χ0v) is 13.6. The van der Waals surface area contributed by atoms with Crippen molar-refractivity contribution in [2.24, 2.45) is 0 Å². The molecule has 0 aliphatic rings. The van der Waals surface area contributed by atoms with Crippen LogP contribution in [0.4, 0.5) is 13.2 Å². The molecule has 7 heteroatoms. The summed E-state index contributed by atoms with van der Waals surface area (Å²) in [5.74, 6) is -3.72. The second-order valence-electron chi connectivity index (χ2n) is 5.57. The quantitative estimate of drug-likeness (QED) is 0.550. The number of rotatable bonds is 6. The number of hydrogen-bond donors (Lipinski definition) is 3. The molecular formula is C17H19ClF3NO2. The van der Waals surface area contributed by atoms with E-state index in [1.54, 1.807) is 48.5 Å². The molecule has 0 saturated carbocycles. The molecule has 0 atom stereocenters.